The minimum atomic E-state index is -0.715. The largest absolute Gasteiger partial charge is 0.483 e. The fourth-order valence-electron chi connectivity index (χ4n) is 1.22. The summed E-state index contributed by atoms with van der Waals surface area (Å²) in [6.45, 7) is 0.429. The topological polar surface area (TPSA) is 21.3 Å². The van der Waals surface area contributed by atoms with E-state index in [1.807, 2.05) is 0 Å². The minimum Gasteiger partial charge on any atom is -0.483 e. The van der Waals surface area contributed by atoms with E-state index < -0.39 is 11.6 Å². The van der Waals surface area contributed by atoms with Gasteiger partial charge in [0.25, 0.3) is 0 Å². The zero-order valence-corrected chi connectivity index (χ0v) is 9.52. The van der Waals surface area contributed by atoms with E-state index in [1.165, 1.54) is 23.7 Å². The molecule has 88 valence electrons. The lowest BCUT2D eigenvalue weighted by Gasteiger charge is -2.08. The molecule has 5 heteroatoms. The van der Waals surface area contributed by atoms with Gasteiger partial charge in [-0.15, -0.1) is 0 Å². The fourth-order valence-corrected chi connectivity index (χ4v) is 1.30. The monoisotopic (exact) mass is 247 g/mol. The number of rotatable bonds is 5. The van der Waals surface area contributed by atoms with Gasteiger partial charge in [0.1, 0.15) is 6.61 Å². The molecule has 0 aliphatic heterocycles. The van der Waals surface area contributed by atoms with Crippen molar-refractivity contribution in [2.45, 2.75) is 6.54 Å². The summed E-state index contributed by atoms with van der Waals surface area (Å²) >= 11 is 5.26. The molecule has 0 fully saturated rings. The molecule has 0 aliphatic rings. The normalized spacial score (nSPS) is 11.0. The van der Waals surface area contributed by atoms with Crippen LogP contribution in [0.5, 0.6) is 5.75 Å². The van der Waals surface area contributed by atoms with Crippen LogP contribution in [0.25, 0.3) is 0 Å². The molecule has 0 aromatic heterocycles. The summed E-state index contributed by atoms with van der Waals surface area (Å²) in [4.78, 5) is 0. The van der Waals surface area contributed by atoms with E-state index in [4.69, 9.17) is 16.3 Å². The van der Waals surface area contributed by atoms with Crippen LogP contribution >= 0.6 is 11.6 Å². The molecule has 16 heavy (non-hydrogen) atoms. The molecule has 1 aromatic rings. The van der Waals surface area contributed by atoms with Crippen LogP contribution in [0.2, 0.25) is 0 Å². The summed E-state index contributed by atoms with van der Waals surface area (Å²) in [5.74, 6) is -1.81. The minimum absolute atomic E-state index is 0.0305. The van der Waals surface area contributed by atoms with Crippen molar-refractivity contribution in [3.8, 4) is 5.75 Å². The first-order valence-corrected chi connectivity index (χ1v) is 5.13. The number of ether oxygens (including phenoxy) is 1. The van der Waals surface area contributed by atoms with E-state index in [1.54, 1.807) is 7.05 Å². The van der Waals surface area contributed by atoms with Crippen LogP contribution in [0, 0.1) is 11.6 Å². The lowest BCUT2D eigenvalue weighted by Crippen LogP contribution is -2.07. The number of nitrogens with one attached hydrogen (secondary N) is 1. The van der Waals surface area contributed by atoms with Gasteiger partial charge in [0.15, 0.2) is 17.4 Å². The standard InChI is InChI=1S/C11H12ClF2NO/c1-15-7-8-5-9(13)11(10(14)6-8)16-4-2-3-12/h2-3,5-6,15H,4,7H2,1H3. The maximum absolute atomic E-state index is 13.4. The molecule has 0 heterocycles. The second-order valence-electron chi connectivity index (χ2n) is 3.09. The molecule has 0 amide bonds. The van der Waals surface area contributed by atoms with Gasteiger partial charge in [0.05, 0.1) is 0 Å². The number of halogens is 3. The second-order valence-corrected chi connectivity index (χ2v) is 3.34. The van der Waals surface area contributed by atoms with Crippen LogP contribution in [0.1, 0.15) is 5.56 Å². The quantitative estimate of drug-likeness (QED) is 0.864. The van der Waals surface area contributed by atoms with E-state index in [-0.39, 0.29) is 12.4 Å². The highest BCUT2D eigenvalue weighted by atomic mass is 35.5. The van der Waals surface area contributed by atoms with Crippen LogP contribution in [-0.4, -0.2) is 13.7 Å². The van der Waals surface area contributed by atoms with E-state index in [9.17, 15) is 8.78 Å². The van der Waals surface area contributed by atoms with Crippen molar-refractivity contribution >= 4 is 11.6 Å². The summed E-state index contributed by atoms with van der Waals surface area (Å²) in [6, 6.07) is 2.47. The molecule has 0 saturated carbocycles. The van der Waals surface area contributed by atoms with Crippen LogP contribution in [0.4, 0.5) is 8.78 Å². The van der Waals surface area contributed by atoms with Crippen molar-refractivity contribution < 1.29 is 13.5 Å². The molecular weight excluding hydrogens is 236 g/mol. The van der Waals surface area contributed by atoms with Crippen molar-refractivity contribution in [2.24, 2.45) is 0 Å². The molecule has 0 spiro atoms. The highest BCUT2D eigenvalue weighted by molar-refractivity contribution is 6.25. The van der Waals surface area contributed by atoms with Crippen molar-refractivity contribution in [3.63, 3.8) is 0 Å². The van der Waals surface area contributed by atoms with Gasteiger partial charge >= 0.3 is 0 Å². The molecular formula is C11H12ClF2NO. The van der Waals surface area contributed by atoms with Gasteiger partial charge in [-0.3, -0.25) is 0 Å². The molecule has 0 bridgehead atoms. The molecule has 0 saturated heterocycles. The molecule has 1 aromatic carbocycles. The van der Waals surface area contributed by atoms with Gasteiger partial charge in [-0.2, -0.15) is 0 Å². The third-order valence-corrected chi connectivity index (χ3v) is 2.03. The Kier molecular flexibility index (Phi) is 5.22. The predicted octanol–water partition coefficient (Wildman–Crippen LogP) is 2.82. The zero-order chi connectivity index (χ0) is 12.0. The van der Waals surface area contributed by atoms with E-state index >= 15 is 0 Å². The molecule has 1 N–H and O–H groups in total. The van der Waals surface area contributed by atoms with Crippen LogP contribution < -0.4 is 10.1 Å². The number of benzene rings is 1. The van der Waals surface area contributed by atoms with Crippen molar-refractivity contribution in [1.29, 1.82) is 0 Å². The van der Waals surface area contributed by atoms with Gasteiger partial charge in [-0.1, -0.05) is 11.6 Å². The Bertz CT molecular complexity index is 359. The van der Waals surface area contributed by atoms with Crippen LogP contribution in [-0.2, 0) is 6.54 Å². The highest BCUT2D eigenvalue weighted by Gasteiger charge is 2.11. The predicted molar refractivity (Wildman–Crippen MR) is 59.6 cm³/mol. The first kappa shape index (κ1) is 12.9. The third-order valence-electron chi connectivity index (χ3n) is 1.85. The van der Waals surface area contributed by atoms with E-state index in [2.05, 4.69) is 5.32 Å². The Morgan fingerprint density at radius 1 is 1.38 bits per heavy atom. The molecule has 0 atom stereocenters. The lowest BCUT2D eigenvalue weighted by molar-refractivity contribution is 0.320. The zero-order valence-electron chi connectivity index (χ0n) is 8.77. The van der Waals surface area contributed by atoms with Crippen LogP contribution in [0.3, 0.4) is 0 Å². The second kappa shape index (κ2) is 6.45. The Morgan fingerprint density at radius 2 is 2.00 bits per heavy atom. The van der Waals surface area contributed by atoms with Crippen molar-refractivity contribution in [2.75, 3.05) is 13.7 Å². The molecule has 0 radical (unpaired) electrons. The average molecular weight is 248 g/mol. The summed E-state index contributed by atoms with van der Waals surface area (Å²) in [5.41, 5.74) is 1.75. The maximum Gasteiger partial charge on any atom is 0.191 e. The molecule has 1 rings (SSSR count). The van der Waals surface area contributed by atoms with Gasteiger partial charge in [0.2, 0.25) is 0 Å². The molecule has 0 unspecified atom stereocenters. The first-order chi connectivity index (χ1) is 7.69. The van der Waals surface area contributed by atoms with E-state index in [0.29, 0.717) is 12.1 Å². The molecule has 0 aliphatic carbocycles. The Morgan fingerprint density at radius 3 is 2.50 bits per heavy atom. The molecule has 2 nitrogen and oxygen atoms in total. The van der Waals surface area contributed by atoms with Gasteiger partial charge in [0, 0.05) is 12.1 Å². The van der Waals surface area contributed by atoms with Crippen molar-refractivity contribution in [3.05, 3.63) is 40.9 Å². The summed E-state index contributed by atoms with van der Waals surface area (Å²) in [5, 5.41) is 2.81. The summed E-state index contributed by atoms with van der Waals surface area (Å²) in [6.07, 6.45) is 1.45. The summed E-state index contributed by atoms with van der Waals surface area (Å²) in [7, 11) is 1.70. The number of hydrogen-bond donors (Lipinski definition) is 1. The SMILES string of the molecule is CNCc1cc(F)c(OCC=CCl)c(F)c1. The highest BCUT2D eigenvalue weighted by Crippen LogP contribution is 2.23. The Labute approximate surface area is 97.9 Å². The Balaban J connectivity index is 2.84. The fraction of sp³-hybridized carbons (Fsp3) is 0.273. The third kappa shape index (κ3) is 3.47. The van der Waals surface area contributed by atoms with E-state index in [0.717, 1.165) is 0 Å². The van der Waals surface area contributed by atoms with Crippen LogP contribution in [0.15, 0.2) is 23.7 Å². The summed E-state index contributed by atoms with van der Waals surface area (Å²) < 4.78 is 31.7. The van der Waals surface area contributed by atoms with Gasteiger partial charge in [-0.05, 0) is 30.8 Å². The smallest absolute Gasteiger partial charge is 0.191 e. The van der Waals surface area contributed by atoms with Gasteiger partial charge in [-0.25, -0.2) is 8.78 Å². The maximum atomic E-state index is 13.4. The lowest BCUT2D eigenvalue weighted by atomic mass is 10.2. The average Bonchev–Trinajstić information content (AvgIpc) is 2.23. The Hall–Kier alpha value is -1.13. The first-order valence-electron chi connectivity index (χ1n) is 4.69. The van der Waals surface area contributed by atoms with Gasteiger partial charge < -0.3 is 10.1 Å². The number of hydrogen-bond acceptors (Lipinski definition) is 2. The van der Waals surface area contributed by atoms with Crippen molar-refractivity contribution in [1.82, 2.24) is 5.32 Å².